The fraction of sp³-hybridized carbons (Fsp3) is 0.385. The number of ketones is 1. The number of terminal acetylenes is 1. The van der Waals surface area contributed by atoms with Crippen molar-refractivity contribution in [2.24, 2.45) is 11.7 Å². The second kappa shape index (κ2) is 10.3. The van der Waals surface area contributed by atoms with E-state index in [9.17, 15) is 14.4 Å². The van der Waals surface area contributed by atoms with Crippen molar-refractivity contribution in [1.82, 2.24) is 19.7 Å². The zero-order valence-corrected chi connectivity index (χ0v) is 20.9. The van der Waals surface area contributed by atoms with Crippen molar-refractivity contribution in [2.45, 2.75) is 52.2 Å². The molecule has 0 spiro atoms. The second-order valence-corrected chi connectivity index (χ2v) is 9.84. The van der Waals surface area contributed by atoms with Gasteiger partial charge in [0.05, 0.1) is 0 Å². The molecule has 0 bridgehead atoms. The molecular formula is C26H28N6O5. The maximum Gasteiger partial charge on any atom is 0.416 e. The van der Waals surface area contributed by atoms with Crippen LogP contribution in [0.25, 0.3) is 11.5 Å². The van der Waals surface area contributed by atoms with Gasteiger partial charge in [0.1, 0.15) is 29.9 Å². The number of Topliss-reactive ketones (excluding diaryl/α,β-unsaturated/α-hetero) is 1. The van der Waals surface area contributed by atoms with Gasteiger partial charge in [0.2, 0.25) is 5.89 Å². The van der Waals surface area contributed by atoms with E-state index in [1.807, 2.05) is 20.8 Å². The number of carbonyl (C=O) groups excluding carboxylic acids is 3. The number of oxazole rings is 1. The van der Waals surface area contributed by atoms with Gasteiger partial charge in [-0.15, -0.1) is 6.42 Å². The summed E-state index contributed by atoms with van der Waals surface area (Å²) in [5.74, 6) is 2.24. The summed E-state index contributed by atoms with van der Waals surface area (Å²) in [6, 6.07) is 3.34. The van der Waals surface area contributed by atoms with Crippen molar-refractivity contribution in [1.29, 1.82) is 0 Å². The zero-order chi connectivity index (χ0) is 26.7. The molecule has 4 rings (SSSR count). The summed E-state index contributed by atoms with van der Waals surface area (Å²) in [5, 5.41) is 4.04. The summed E-state index contributed by atoms with van der Waals surface area (Å²) in [6.45, 7) is 6.05. The van der Waals surface area contributed by atoms with E-state index >= 15 is 0 Å². The van der Waals surface area contributed by atoms with Crippen LogP contribution in [0.15, 0.2) is 35.2 Å². The van der Waals surface area contributed by atoms with Gasteiger partial charge in [-0.1, -0.05) is 5.92 Å². The molecule has 0 aromatic carbocycles. The number of hydrogen-bond donors (Lipinski definition) is 1. The van der Waals surface area contributed by atoms with Crippen LogP contribution in [0.1, 0.15) is 60.2 Å². The summed E-state index contributed by atoms with van der Waals surface area (Å²) in [6.07, 6.45) is 11.0. The third-order valence-electron chi connectivity index (χ3n) is 5.49. The number of primary amides is 1. The van der Waals surface area contributed by atoms with Crippen LogP contribution in [0, 0.1) is 18.3 Å². The Morgan fingerprint density at radius 3 is 2.73 bits per heavy atom. The fourth-order valence-electron chi connectivity index (χ4n) is 3.61. The van der Waals surface area contributed by atoms with Crippen molar-refractivity contribution in [2.75, 3.05) is 11.4 Å². The Labute approximate surface area is 214 Å². The molecule has 3 aromatic rings. The summed E-state index contributed by atoms with van der Waals surface area (Å²) >= 11 is 0. The molecule has 1 aliphatic rings. The lowest BCUT2D eigenvalue weighted by Crippen LogP contribution is -2.38. The lowest BCUT2D eigenvalue weighted by molar-refractivity contribution is 0.0577. The zero-order valence-electron chi connectivity index (χ0n) is 20.9. The molecule has 11 heteroatoms. The number of nitrogens with two attached hydrogens (primary N) is 1. The molecule has 11 nitrogen and oxygen atoms in total. The molecule has 1 saturated carbocycles. The minimum absolute atomic E-state index is 0.0241. The molecule has 2 N–H and O–H groups in total. The molecular weight excluding hydrogens is 476 g/mol. The van der Waals surface area contributed by atoms with Gasteiger partial charge < -0.3 is 14.9 Å². The van der Waals surface area contributed by atoms with Gasteiger partial charge in [0.25, 0.3) is 5.91 Å². The monoisotopic (exact) mass is 504 g/mol. The minimum atomic E-state index is -0.760. The van der Waals surface area contributed by atoms with Gasteiger partial charge in [0, 0.05) is 36.5 Å². The SMILES string of the molecule is C#CCn1cc(CC(=O)c2coc(-c3ccnc(N(CC4CC4)C(=O)OC(C)(C)C)c3)n2)c(C(N)=O)n1. The molecule has 0 atom stereocenters. The molecule has 0 radical (unpaired) electrons. The molecule has 1 fully saturated rings. The summed E-state index contributed by atoms with van der Waals surface area (Å²) in [7, 11) is 0. The highest BCUT2D eigenvalue weighted by Crippen LogP contribution is 2.32. The standard InChI is InChI=1S/C26H28N6O5/c1-5-10-31-14-18(22(30-31)23(27)34)11-20(33)19-15-36-24(29-19)17-8-9-28-21(12-17)32(13-16-6-7-16)25(35)37-26(2,3)4/h1,8-9,12,14-16H,6-7,10-11,13H2,2-4H3,(H2,27,34). The predicted octanol–water partition coefficient (Wildman–Crippen LogP) is 3.24. The van der Waals surface area contributed by atoms with Crippen molar-refractivity contribution < 1.29 is 23.5 Å². The smallest absolute Gasteiger partial charge is 0.416 e. The number of carbonyl (C=O) groups is 3. The molecule has 1 aliphatic carbocycles. The Hall–Kier alpha value is -4.46. The topological polar surface area (TPSA) is 146 Å². The quantitative estimate of drug-likeness (QED) is 0.345. The van der Waals surface area contributed by atoms with Crippen molar-refractivity contribution in [3.63, 3.8) is 0 Å². The van der Waals surface area contributed by atoms with Gasteiger partial charge in [-0.05, 0) is 51.7 Å². The molecule has 3 heterocycles. The maximum atomic E-state index is 12.9. The van der Waals surface area contributed by atoms with Crippen molar-refractivity contribution >= 4 is 23.6 Å². The van der Waals surface area contributed by atoms with Gasteiger partial charge >= 0.3 is 6.09 Å². The number of rotatable bonds is 9. The van der Waals surface area contributed by atoms with Crippen LogP contribution in [0.2, 0.25) is 0 Å². The van der Waals surface area contributed by atoms with E-state index in [0.29, 0.717) is 29.4 Å². The minimum Gasteiger partial charge on any atom is -0.444 e. The molecule has 0 saturated heterocycles. The Balaban J connectivity index is 1.54. The fourth-order valence-corrected chi connectivity index (χ4v) is 3.61. The van der Waals surface area contributed by atoms with Crippen molar-refractivity contribution in [3.05, 3.63) is 47.7 Å². The highest BCUT2D eigenvalue weighted by atomic mass is 16.6. The van der Waals surface area contributed by atoms with Crippen LogP contribution < -0.4 is 10.6 Å². The number of aromatic nitrogens is 4. The molecule has 0 unspecified atom stereocenters. The first kappa shape index (κ1) is 25.6. The Morgan fingerprint density at radius 2 is 2.08 bits per heavy atom. The first-order valence-electron chi connectivity index (χ1n) is 11.8. The molecule has 37 heavy (non-hydrogen) atoms. The average Bonchev–Trinajstić information content (AvgIpc) is 3.34. The van der Waals surface area contributed by atoms with Crippen LogP contribution in [-0.2, 0) is 17.7 Å². The van der Waals surface area contributed by atoms with E-state index in [2.05, 4.69) is 21.0 Å². The Morgan fingerprint density at radius 1 is 1.32 bits per heavy atom. The van der Waals surface area contributed by atoms with E-state index in [0.717, 1.165) is 12.8 Å². The Kier molecular flexibility index (Phi) is 7.11. The van der Waals surface area contributed by atoms with Crippen LogP contribution in [-0.4, -0.2) is 49.7 Å². The highest BCUT2D eigenvalue weighted by Gasteiger charge is 2.31. The van der Waals surface area contributed by atoms with Gasteiger partial charge in [0.15, 0.2) is 11.5 Å². The lowest BCUT2D eigenvalue weighted by atomic mass is 10.1. The summed E-state index contributed by atoms with van der Waals surface area (Å²) in [4.78, 5) is 47.7. The lowest BCUT2D eigenvalue weighted by Gasteiger charge is -2.27. The summed E-state index contributed by atoms with van der Waals surface area (Å²) < 4.78 is 12.5. The van der Waals surface area contributed by atoms with Crippen LogP contribution in [0.4, 0.5) is 10.6 Å². The third kappa shape index (κ3) is 6.41. The normalized spacial score (nSPS) is 13.1. The first-order valence-corrected chi connectivity index (χ1v) is 11.8. The van der Waals surface area contributed by atoms with E-state index in [4.69, 9.17) is 21.3 Å². The number of ether oxygens (including phenoxy) is 1. The highest BCUT2D eigenvalue weighted by molar-refractivity contribution is 5.99. The molecule has 192 valence electrons. The van der Waals surface area contributed by atoms with E-state index in [-0.39, 0.29) is 30.2 Å². The second-order valence-electron chi connectivity index (χ2n) is 9.84. The number of nitrogens with zero attached hydrogens (tertiary/aromatic N) is 5. The van der Waals surface area contributed by atoms with Gasteiger partial charge in [-0.3, -0.25) is 19.2 Å². The summed E-state index contributed by atoms with van der Waals surface area (Å²) in [5.41, 5.74) is 5.66. The van der Waals surface area contributed by atoms with E-state index < -0.39 is 23.4 Å². The van der Waals surface area contributed by atoms with Gasteiger partial charge in [-0.2, -0.15) is 5.10 Å². The van der Waals surface area contributed by atoms with Crippen molar-refractivity contribution in [3.8, 4) is 23.8 Å². The Bertz CT molecular complexity index is 1370. The van der Waals surface area contributed by atoms with Gasteiger partial charge in [-0.25, -0.2) is 14.8 Å². The van der Waals surface area contributed by atoms with Crippen LogP contribution in [0.3, 0.4) is 0 Å². The number of hydrogen-bond acceptors (Lipinski definition) is 8. The van der Waals surface area contributed by atoms with Crippen LogP contribution in [0.5, 0.6) is 0 Å². The predicted molar refractivity (Wildman–Crippen MR) is 134 cm³/mol. The molecule has 2 amide bonds. The average molecular weight is 505 g/mol. The molecule has 3 aromatic heterocycles. The first-order chi connectivity index (χ1) is 17.5. The van der Waals surface area contributed by atoms with E-state index in [1.54, 1.807) is 18.3 Å². The van der Waals surface area contributed by atoms with E-state index in [1.165, 1.54) is 22.0 Å². The number of anilines is 1. The maximum absolute atomic E-state index is 12.9. The van der Waals surface area contributed by atoms with Crippen LogP contribution >= 0.6 is 0 Å². The third-order valence-corrected chi connectivity index (χ3v) is 5.49. The molecule has 0 aliphatic heterocycles. The number of amides is 2. The number of pyridine rings is 1. The largest absolute Gasteiger partial charge is 0.444 e.